The first-order valence-corrected chi connectivity index (χ1v) is 18.7. The van der Waals surface area contributed by atoms with Gasteiger partial charge in [-0.25, -0.2) is 4.39 Å². The monoisotopic (exact) mass is 674 g/mol. The van der Waals surface area contributed by atoms with Crippen LogP contribution in [0, 0.1) is 23.1 Å². The number of hydrogen-bond acceptors (Lipinski definition) is 5. The lowest BCUT2D eigenvalue weighted by Gasteiger charge is -2.29. The van der Waals surface area contributed by atoms with Crippen LogP contribution in [0.1, 0.15) is 115 Å². The highest BCUT2D eigenvalue weighted by molar-refractivity contribution is 5.76. The molecule has 0 amide bonds. The minimum absolute atomic E-state index is 0.0988. The van der Waals surface area contributed by atoms with E-state index in [2.05, 4.69) is 38.1 Å². The van der Waals surface area contributed by atoms with Crippen LogP contribution in [0.4, 0.5) is 4.39 Å². The molecule has 1 aliphatic carbocycles. The number of aliphatic hydroxyl groups is 2. The summed E-state index contributed by atoms with van der Waals surface area (Å²) >= 11 is 0. The Morgan fingerprint density at radius 1 is 0.857 bits per heavy atom. The van der Waals surface area contributed by atoms with Gasteiger partial charge in [0.25, 0.3) is 0 Å². The molecule has 0 unspecified atom stereocenters. The maximum atomic E-state index is 15.7. The fraction of sp³-hybridized carbons (Fsp3) is 0.558. The van der Waals surface area contributed by atoms with Crippen LogP contribution in [-0.2, 0) is 22.4 Å². The summed E-state index contributed by atoms with van der Waals surface area (Å²) in [5.41, 5.74) is 6.16. The van der Waals surface area contributed by atoms with E-state index in [-0.39, 0.29) is 37.5 Å². The van der Waals surface area contributed by atoms with Crippen molar-refractivity contribution in [3.63, 3.8) is 0 Å². The molecule has 0 spiro atoms. The molecule has 5 nitrogen and oxygen atoms in total. The van der Waals surface area contributed by atoms with Crippen molar-refractivity contribution in [3.05, 3.63) is 77.1 Å². The third kappa shape index (κ3) is 10.9. The van der Waals surface area contributed by atoms with Crippen molar-refractivity contribution in [1.29, 1.82) is 0 Å². The van der Waals surface area contributed by atoms with E-state index in [9.17, 15) is 15.0 Å². The molecule has 3 aromatic carbocycles. The Hall–Kier alpha value is -3.22. The first kappa shape index (κ1) is 38.6. The summed E-state index contributed by atoms with van der Waals surface area (Å²) in [6.45, 7) is 10.2. The molecule has 0 heterocycles. The molecule has 1 fully saturated rings. The summed E-state index contributed by atoms with van der Waals surface area (Å²) in [6, 6.07) is 18.1. The summed E-state index contributed by atoms with van der Waals surface area (Å²) in [5.74, 6) is 1.32. The second-order valence-electron chi connectivity index (χ2n) is 15.0. The number of carbonyl (C=O) groups excluding carboxylic acids is 1. The highest BCUT2D eigenvalue weighted by Gasteiger charge is 2.24. The lowest BCUT2D eigenvalue weighted by Crippen LogP contribution is -2.23. The third-order valence-corrected chi connectivity index (χ3v) is 10.2. The van der Waals surface area contributed by atoms with Crippen molar-refractivity contribution in [3.8, 4) is 28.0 Å². The first-order valence-electron chi connectivity index (χ1n) is 18.7. The van der Waals surface area contributed by atoms with Gasteiger partial charge in [-0.05, 0) is 123 Å². The molecule has 6 heteroatoms. The maximum Gasteiger partial charge on any atom is 0.311 e. The summed E-state index contributed by atoms with van der Waals surface area (Å²) in [4.78, 5) is 12.4. The number of benzene rings is 3. The fourth-order valence-corrected chi connectivity index (χ4v) is 6.95. The van der Waals surface area contributed by atoms with Crippen molar-refractivity contribution in [2.45, 2.75) is 111 Å². The zero-order valence-corrected chi connectivity index (χ0v) is 30.5. The van der Waals surface area contributed by atoms with Crippen LogP contribution in [0.3, 0.4) is 0 Å². The lowest BCUT2D eigenvalue weighted by molar-refractivity contribution is -0.152. The van der Waals surface area contributed by atoms with Crippen LogP contribution in [0.15, 0.2) is 54.6 Å². The topological polar surface area (TPSA) is 76.0 Å². The second-order valence-corrected chi connectivity index (χ2v) is 15.0. The van der Waals surface area contributed by atoms with Crippen LogP contribution < -0.4 is 4.74 Å². The van der Waals surface area contributed by atoms with Gasteiger partial charge >= 0.3 is 5.97 Å². The predicted octanol–water partition coefficient (Wildman–Crippen LogP) is 10.1. The van der Waals surface area contributed by atoms with Crippen molar-refractivity contribution in [1.82, 2.24) is 0 Å². The average Bonchev–Trinajstić information content (AvgIpc) is 3.10. The van der Waals surface area contributed by atoms with Crippen LogP contribution in [0.5, 0.6) is 5.75 Å². The maximum absolute atomic E-state index is 15.7. The number of esters is 1. The average molecular weight is 675 g/mol. The Balaban J connectivity index is 1.52. The van der Waals surface area contributed by atoms with Gasteiger partial charge in [0.2, 0.25) is 0 Å². The van der Waals surface area contributed by atoms with Crippen LogP contribution in [0.25, 0.3) is 22.3 Å². The van der Waals surface area contributed by atoms with Gasteiger partial charge in [-0.15, -0.1) is 0 Å². The number of unbranched alkanes of at least 4 members (excludes halogenated alkanes) is 2. The summed E-state index contributed by atoms with van der Waals surface area (Å²) < 4.78 is 27.4. The van der Waals surface area contributed by atoms with Gasteiger partial charge in [0.1, 0.15) is 11.6 Å². The summed E-state index contributed by atoms with van der Waals surface area (Å²) in [5, 5.41) is 18.9. The molecule has 4 rings (SSSR count). The Labute approximate surface area is 294 Å². The molecule has 3 aromatic rings. The van der Waals surface area contributed by atoms with E-state index in [1.165, 1.54) is 38.5 Å². The zero-order valence-electron chi connectivity index (χ0n) is 30.5. The number of aliphatic hydroxyl groups excluding tert-OH is 2. The number of halogens is 1. The van der Waals surface area contributed by atoms with Gasteiger partial charge in [0, 0.05) is 31.1 Å². The van der Waals surface area contributed by atoms with E-state index < -0.39 is 5.41 Å². The summed E-state index contributed by atoms with van der Waals surface area (Å²) in [6.07, 6.45) is 11.9. The Morgan fingerprint density at radius 2 is 1.53 bits per heavy atom. The number of ether oxygens (including phenoxy) is 2. The fourth-order valence-electron chi connectivity index (χ4n) is 6.95. The van der Waals surface area contributed by atoms with Crippen molar-refractivity contribution < 1.29 is 28.9 Å². The van der Waals surface area contributed by atoms with Gasteiger partial charge in [0.15, 0.2) is 0 Å². The molecule has 1 aliphatic rings. The zero-order chi connectivity index (χ0) is 35.4. The molecule has 0 aromatic heterocycles. The molecule has 49 heavy (non-hydrogen) atoms. The molecule has 0 bridgehead atoms. The normalized spacial score (nSPS) is 16.6. The highest BCUT2D eigenvalue weighted by atomic mass is 19.1. The van der Waals surface area contributed by atoms with E-state index in [0.29, 0.717) is 36.7 Å². The second kappa shape index (κ2) is 18.7. The van der Waals surface area contributed by atoms with Crippen molar-refractivity contribution in [2.75, 3.05) is 26.4 Å². The van der Waals surface area contributed by atoms with Gasteiger partial charge in [-0.2, -0.15) is 0 Å². The standard InChI is InChI=1S/C43H59FO5/c1-6-8-9-10-30-11-13-33(14-12-30)34-15-19-39(40(44)27-34)36-16-18-38(32(7-2)25-36)35-17-20-41(48-23-21-31(28-45)29-46)37(26-35)22-24-49-42(47)43(3,4)5/h15-20,25-27,30-31,33,45-46H,6-14,21-24,28-29H2,1-5H3. The van der Waals surface area contributed by atoms with Gasteiger partial charge < -0.3 is 19.7 Å². The van der Waals surface area contributed by atoms with E-state index in [1.54, 1.807) is 6.07 Å². The molecule has 0 atom stereocenters. The molecule has 1 saturated carbocycles. The Bertz CT molecular complexity index is 1480. The van der Waals surface area contributed by atoms with E-state index in [4.69, 9.17) is 9.47 Å². The predicted molar refractivity (Wildman–Crippen MR) is 197 cm³/mol. The molecule has 268 valence electrons. The Morgan fingerprint density at radius 3 is 2.18 bits per heavy atom. The van der Waals surface area contributed by atoms with Crippen LogP contribution >= 0.6 is 0 Å². The van der Waals surface area contributed by atoms with E-state index in [0.717, 1.165) is 58.6 Å². The molecule has 0 saturated heterocycles. The van der Waals surface area contributed by atoms with Crippen molar-refractivity contribution in [2.24, 2.45) is 17.3 Å². The third-order valence-electron chi connectivity index (χ3n) is 10.2. The lowest BCUT2D eigenvalue weighted by atomic mass is 9.77. The summed E-state index contributed by atoms with van der Waals surface area (Å²) in [7, 11) is 0. The molecule has 2 N–H and O–H groups in total. The van der Waals surface area contributed by atoms with Crippen molar-refractivity contribution >= 4 is 5.97 Å². The molecular weight excluding hydrogens is 615 g/mol. The van der Waals surface area contributed by atoms with Gasteiger partial charge in [-0.1, -0.05) is 75.9 Å². The highest BCUT2D eigenvalue weighted by Crippen LogP contribution is 2.40. The number of rotatable bonds is 17. The van der Waals surface area contributed by atoms with Crippen LogP contribution in [-0.4, -0.2) is 42.6 Å². The smallest absolute Gasteiger partial charge is 0.311 e. The number of carbonyl (C=O) groups is 1. The minimum Gasteiger partial charge on any atom is -0.493 e. The minimum atomic E-state index is -0.588. The molecule has 0 aliphatic heterocycles. The number of hydrogen-bond donors (Lipinski definition) is 2. The number of aryl methyl sites for hydroxylation is 1. The quantitative estimate of drug-likeness (QED) is 0.110. The molecule has 0 radical (unpaired) electrons. The van der Waals surface area contributed by atoms with E-state index >= 15 is 4.39 Å². The van der Waals surface area contributed by atoms with Gasteiger partial charge in [0.05, 0.1) is 18.6 Å². The Kier molecular flexibility index (Phi) is 14.7. The van der Waals surface area contributed by atoms with Crippen LogP contribution in [0.2, 0.25) is 0 Å². The van der Waals surface area contributed by atoms with Gasteiger partial charge in [-0.3, -0.25) is 4.79 Å². The van der Waals surface area contributed by atoms with E-state index in [1.807, 2.05) is 45.0 Å². The first-order chi connectivity index (χ1) is 23.6. The molecular formula is C43H59FO5. The SMILES string of the molecule is CCCCCC1CCC(c2ccc(-c3ccc(-c4ccc(OCCC(CO)CO)c(CCOC(=O)C(C)(C)C)c4)c(CC)c3)c(F)c2)CC1. The largest absolute Gasteiger partial charge is 0.493 e.